The van der Waals surface area contributed by atoms with Crippen molar-refractivity contribution in [1.29, 1.82) is 0 Å². The van der Waals surface area contributed by atoms with Crippen LogP contribution in [0.1, 0.15) is 38.2 Å². The first-order chi connectivity index (χ1) is 16.6. The highest BCUT2D eigenvalue weighted by Gasteiger charge is 2.31. The van der Waals surface area contributed by atoms with Crippen molar-refractivity contribution in [1.82, 2.24) is 10.2 Å². The van der Waals surface area contributed by atoms with Gasteiger partial charge >= 0.3 is 0 Å². The Bertz CT molecular complexity index is 1130. The Morgan fingerprint density at radius 2 is 1.74 bits per heavy atom. The smallest absolute Gasteiger partial charge is 0.244 e. The van der Waals surface area contributed by atoms with E-state index in [1.54, 1.807) is 25.1 Å². The Kier molecular flexibility index (Phi) is 8.71. The molecule has 1 saturated carbocycles. The first-order valence-corrected chi connectivity index (χ1v) is 13.4. The van der Waals surface area contributed by atoms with Crippen LogP contribution in [0.4, 0.5) is 10.1 Å². The number of halogens is 1. The van der Waals surface area contributed by atoms with Gasteiger partial charge in [-0.3, -0.25) is 13.9 Å². The first-order valence-electron chi connectivity index (χ1n) is 11.5. The third-order valence-electron chi connectivity index (χ3n) is 6.21. The molecule has 2 aromatic carbocycles. The molecule has 0 radical (unpaired) electrons. The van der Waals surface area contributed by atoms with Crippen molar-refractivity contribution in [3.63, 3.8) is 0 Å². The standard InChI is InChI=1S/C25H32FN3O5S/c1-18(25(31)27-20-9-5-6-10-20)28(16-19-8-4-7-11-23(19)26)24(30)17-29(35(3,32)33)21-12-14-22(34-2)15-13-21/h4,7-8,11-15,18,20H,5-6,9-10,16-17H2,1-3H3,(H,27,31). The van der Waals surface area contributed by atoms with Crippen LogP contribution in [0.3, 0.4) is 0 Å². The molecule has 8 nitrogen and oxygen atoms in total. The molecule has 0 spiro atoms. The maximum Gasteiger partial charge on any atom is 0.244 e. The summed E-state index contributed by atoms with van der Waals surface area (Å²) in [5.41, 5.74) is 0.507. The molecule has 0 aliphatic heterocycles. The molecule has 10 heteroatoms. The number of nitrogens with one attached hydrogen (secondary N) is 1. The van der Waals surface area contributed by atoms with Crippen molar-refractivity contribution in [3.8, 4) is 5.75 Å². The lowest BCUT2D eigenvalue weighted by molar-refractivity contribution is -0.139. The maximum absolute atomic E-state index is 14.4. The van der Waals surface area contributed by atoms with E-state index in [0.717, 1.165) is 36.2 Å². The van der Waals surface area contributed by atoms with Gasteiger partial charge in [-0.15, -0.1) is 0 Å². The number of carbonyl (C=O) groups is 2. The SMILES string of the molecule is COc1ccc(N(CC(=O)N(Cc2ccccc2F)C(C)C(=O)NC2CCCC2)S(C)(=O)=O)cc1. The lowest BCUT2D eigenvalue weighted by Gasteiger charge is -2.32. The number of nitrogens with zero attached hydrogens (tertiary/aromatic N) is 2. The predicted molar refractivity (Wildman–Crippen MR) is 132 cm³/mol. The van der Waals surface area contributed by atoms with Crippen LogP contribution in [0.2, 0.25) is 0 Å². The normalized spacial score (nSPS) is 14.9. The third-order valence-corrected chi connectivity index (χ3v) is 7.35. The van der Waals surface area contributed by atoms with Gasteiger partial charge in [0.25, 0.3) is 0 Å². The minimum absolute atomic E-state index is 0.0437. The van der Waals surface area contributed by atoms with E-state index >= 15 is 0 Å². The number of rotatable bonds is 10. The molecule has 2 aromatic rings. The molecule has 1 unspecified atom stereocenters. The Hall–Kier alpha value is -3.14. The number of methoxy groups -OCH3 is 1. The zero-order valence-corrected chi connectivity index (χ0v) is 21.1. The molecule has 1 fully saturated rings. The second-order valence-corrected chi connectivity index (χ2v) is 10.7. The van der Waals surface area contributed by atoms with E-state index in [0.29, 0.717) is 5.75 Å². The minimum Gasteiger partial charge on any atom is -0.497 e. The number of carbonyl (C=O) groups excluding carboxylic acids is 2. The number of hydrogen-bond donors (Lipinski definition) is 1. The predicted octanol–water partition coefficient (Wildman–Crippen LogP) is 3.08. The fourth-order valence-electron chi connectivity index (χ4n) is 4.15. The average Bonchev–Trinajstić information content (AvgIpc) is 3.34. The van der Waals surface area contributed by atoms with Gasteiger partial charge in [-0.05, 0) is 50.1 Å². The molecular weight excluding hydrogens is 473 g/mol. The number of ether oxygens (including phenoxy) is 1. The topological polar surface area (TPSA) is 96.0 Å². The third kappa shape index (κ3) is 6.94. The second kappa shape index (κ2) is 11.5. The van der Waals surface area contributed by atoms with Crippen molar-refractivity contribution < 1.29 is 27.1 Å². The molecule has 1 N–H and O–H groups in total. The monoisotopic (exact) mass is 505 g/mol. The van der Waals surface area contributed by atoms with Crippen molar-refractivity contribution in [2.75, 3.05) is 24.2 Å². The van der Waals surface area contributed by atoms with Crippen LogP contribution in [-0.2, 0) is 26.2 Å². The number of hydrogen-bond acceptors (Lipinski definition) is 5. The van der Waals surface area contributed by atoms with Crippen LogP contribution in [0, 0.1) is 5.82 Å². The average molecular weight is 506 g/mol. The van der Waals surface area contributed by atoms with Crippen LogP contribution in [0.25, 0.3) is 0 Å². The molecule has 3 rings (SSSR count). The van der Waals surface area contributed by atoms with Crippen molar-refractivity contribution in [2.24, 2.45) is 0 Å². The van der Waals surface area contributed by atoms with Gasteiger partial charge in [-0.25, -0.2) is 12.8 Å². The lowest BCUT2D eigenvalue weighted by Crippen LogP contribution is -2.52. The van der Waals surface area contributed by atoms with Crippen LogP contribution in [0.15, 0.2) is 48.5 Å². The zero-order valence-electron chi connectivity index (χ0n) is 20.2. The van der Waals surface area contributed by atoms with E-state index in [4.69, 9.17) is 4.74 Å². The Labute approximate surface area is 206 Å². The Morgan fingerprint density at radius 1 is 1.11 bits per heavy atom. The first kappa shape index (κ1) is 26.5. The molecule has 1 aliphatic rings. The van der Waals surface area contributed by atoms with Gasteiger partial charge in [0.15, 0.2) is 0 Å². The highest BCUT2D eigenvalue weighted by molar-refractivity contribution is 7.92. The van der Waals surface area contributed by atoms with Gasteiger partial charge in [0, 0.05) is 18.2 Å². The number of benzene rings is 2. The maximum atomic E-state index is 14.4. The molecule has 1 aliphatic carbocycles. The molecular formula is C25H32FN3O5S. The van der Waals surface area contributed by atoms with Crippen LogP contribution in [0.5, 0.6) is 5.75 Å². The van der Waals surface area contributed by atoms with Gasteiger partial charge in [0.05, 0.1) is 19.1 Å². The zero-order chi connectivity index (χ0) is 25.6. The number of anilines is 1. The summed E-state index contributed by atoms with van der Waals surface area (Å²) in [6, 6.07) is 11.4. The summed E-state index contributed by atoms with van der Waals surface area (Å²) in [5, 5.41) is 2.97. The van der Waals surface area contributed by atoms with E-state index in [-0.39, 0.29) is 29.7 Å². The van der Waals surface area contributed by atoms with Gasteiger partial charge in [0.1, 0.15) is 24.2 Å². The molecule has 0 heterocycles. The summed E-state index contributed by atoms with van der Waals surface area (Å²) in [5.74, 6) is -0.948. The largest absolute Gasteiger partial charge is 0.497 e. The fraction of sp³-hybridized carbons (Fsp3) is 0.440. The lowest BCUT2D eigenvalue weighted by atomic mass is 10.1. The van der Waals surface area contributed by atoms with Crippen molar-refractivity contribution in [2.45, 2.75) is 51.2 Å². The summed E-state index contributed by atoms with van der Waals surface area (Å²) in [6.45, 7) is 0.854. The minimum atomic E-state index is -3.84. The van der Waals surface area contributed by atoms with E-state index in [1.807, 2.05) is 0 Å². The Balaban J connectivity index is 1.88. The summed E-state index contributed by atoms with van der Waals surface area (Å²) in [4.78, 5) is 27.7. The molecule has 190 valence electrons. The van der Waals surface area contributed by atoms with Crippen LogP contribution >= 0.6 is 0 Å². The highest BCUT2D eigenvalue weighted by Crippen LogP contribution is 2.23. The van der Waals surface area contributed by atoms with Crippen LogP contribution < -0.4 is 14.4 Å². The number of amides is 2. The van der Waals surface area contributed by atoms with E-state index in [9.17, 15) is 22.4 Å². The fourth-order valence-corrected chi connectivity index (χ4v) is 5.00. The van der Waals surface area contributed by atoms with Crippen LogP contribution in [-0.4, -0.2) is 57.1 Å². The van der Waals surface area contributed by atoms with Crippen molar-refractivity contribution >= 4 is 27.5 Å². The molecule has 35 heavy (non-hydrogen) atoms. The van der Waals surface area contributed by atoms with E-state index in [1.165, 1.54) is 42.3 Å². The molecule has 2 amide bonds. The molecule has 0 bridgehead atoms. The summed E-state index contributed by atoms with van der Waals surface area (Å²) in [6.07, 6.45) is 4.81. The van der Waals surface area contributed by atoms with Crippen molar-refractivity contribution in [3.05, 3.63) is 59.9 Å². The molecule has 0 saturated heterocycles. The summed E-state index contributed by atoms with van der Waals surface area (Å²) < 4.78 is 45.7. The molecule has 0 aromatic heterocycles. The van der Waals surface area contributed by atoms with E-state index < -0.39 is 34.3 Å². The van der Waals surface area contributed by atoms with Gasteiger partial charge in [-0.2, -0.15) is 0 Å². The van der Waals surface area contributed by atoms with E-state index in [2.05, 4.69) is 5.32 Å². The summed E-state index contributed by atoms with van der Waals surface area (Å²) in [7, 11) is -2.35. The van der Waals surface area contributed by atoms with Gasteiger partial charge in [-0.1, -0.05) is 31.0 Å². The molecule has 1 atom stereocenters. The summed E-state index contributed by atoms with van der Waals surface area (Å²) >= 11 is 0. The second-order valence-electron chi connectivity index (χ2n) is 8.75. The quantitative estimate of drug-likeness (QED) is 0.535. The number of sulfonamides is 1. The van der Waals surface area contributed by atoms with Gasteiger partial charge in [0.2, 0.25) is 21.8 Å². The van der Waals surface area contributed by atoms with Gasteiger partial charge < -0.3 is 15.0 Å². The highest BCUT2D eigenvalue weighted by atomic mass is 32.2. The Morgan fingerprint density at radius 3 is 2.31 bits per heavy atom.